The topological polar surface area (TPSA) is 30.0 Å². The van der Waals surface area contributed by atoms with Gasteiger partial charge in [0.25, 0.3) is 0 Å². The first-order chi connectivity index (χ1) is 10.0. The van der Waals surface area contributed by atoms with E-state index in [-0.39, 0.29) is 5.92 Å². The zero-order chi connectivity index (χ0) is 15.7. The standard InChI is InChI=1S/C18H29NOS/c1-14(8-6-10-16(3)12-20)7-5-9-15(2)11-18-13-21-17(4)19-18/h11-14,16H,5-10H2,1-4H3/b15-11+. The Morgan fingerprint density at radius 1 is 1.29 bits per heavy atom. The largest absolute Gasteiger partial charge is 0.303 e. The Morgan fingerprint density at radius 3 is 2.62 bits per heavy atom. The Balaban J connectivity index is 2.17. The highest BCUT2D eigenvalue weighted by molar-refractivity contribution is 7.09. The number of carbonyl (C=O) groups is 1. The van der Waals surface area contributed by atoms with Crippen LogP contribution in [0.5, 0.6) is 0 Å². The van der Waals surface area contributed by atoms with E-state index in [1.165, 1.54) is 31.3 Å². The molecule has 0 fully saturated rings. The lowest BCUT2D eigenvalue weighted by Crippen LogP contribution is -1.99. The van der Waals surface area contributed by atoms with Gasteiger partial charge in [-0.2, -0.15) is 0 Å². The van der Waals surface area contributed by atoms with Crippen molar-refractivity contribution in [2.24, 2.45) is 11.8 Å². The molecule has 1 rings (SSSR count). The molecular weight excluding hydrogens is 278 g/mol. The summed E-state index contributed by atoms with van der Waals surface area (Å²) in [5.74, 6) is 0.988. The summed E-state index contributed by atoms with van der Waals surface area (Å²) < 4.78 is 0. The molecule has 1 aromatic rings. The number of nitrogens with zero attached hydrogens (tertiary/aromatic N) is 1. The second-order valence-corrected chi connectivity index (χ2v) is 7.39. The van der Waals surface area contributed by atoms with Crippen molar-refractivity contribution in [1.29, 1.82) is 0 Å². The van der Waals surface area contributed by atoms with Gasteiger partial charge in [0.2, 0.25) is 0 Å². The van der Waals surface area contributed by atoms with Gasteiger partial charge in [0.05, 0.1) is 10.7 Å². The molecule has 0 aliphatic heterocycles. The number of aldehydes is 1. The summed E-state index contributed by atoms with van der Waals surface area (Å²) in [6.07, 6.45) is 10.4. The molecule has 0 aromatic carbocycles. The Hall–Kier alpha value is -0.960. The summed E-state index contributed by atoms with van der Waals surface area (Å²) in [5, 5.41) is 3.25. The lowest BCUT2D eigenvalue weighted by Gasteiger charge is -2.11. The van der Waals surface area contributed by atoms with Crippen molar-refractivity contribution in [2.45, 2.75) is 66.2 Å². The van der Waals surface area contributed by atoms with Gasteiger partial charge < -0.3 is 4.79 Å². The van der Waals surface area contributed by atoms with E-state index >= 15 is 0 Å². The molecule has 0 aliphatic rings. The number of allylic oxidation sites excluding steroid dienone is 1. The lowest BCUT2D eigenvalue weighted by atomic mass is 9.94. The van der Waals surface area contributed by atoms with Crippen LogP contribution in [0, 0.1) is 18.8 Å². The Morgan fingerprint density at radius 2 is 2.00 bits per heavy atom. The third kappa shape index (κ3) is 8.15. The van der Waals surface area contributed by atoms with Crippen molar-refractivity contribution in [3.05, 3.63) is 21.7 Å². The molecule has 2 nitrogen and oxygen atoms in total. The van der Waals surface area contributed by atoms with Crippen molar-refractivity contribution in [2.75, 3.05) is 0 Å². The predicted molar refractivity (Wildman–Crippen MR) is 92.6 cm³/mol. The zero-order valence-electron chi connectivity index (χ0n) is 13.9. The number of thiazole rings is 1. The highest BCUT2D eigenvalue weighted by atomic mass is 32.1. The van der Waals surface area contributed by atoms with E-state index in [1.54, 1.807) is 11.3 Å². The minimum atomic E-state index is 0.226. The van der Waals surface area contributed by atoms with E-state index in [2.05, 4.69) is 30.3 Å². The summed E-state index contributed by atoms with van der Waals surface area (Å²) in [6, 6.07) is 0. The van der Waals surface area contributed by atoms with Crippen LogP contribution in [0.4, 0.5) is 0 Å². The van der Waals surface area contributed by atoms with Crippen LogP contribution in [0.3, 0.4) is 0 Å². The van der Waals surface area contributed by atoms with E-state index in [9.17, 15) is 4.79 Å². The Kier molecular flexibility index (Phi) is 8.51. The van der Waals surface area contributed by atoms with Gasteiger partial charge in [0, 0.05) is 11.3 Å². The van der Waals surface area contributed by atoms with Gasteiger partial charge in [-0.05, 0) is 45.1 Å². The molecule has 0 amide bonds. The quantitative estimate of drug-likeness (QED) is 0.521. The summed E-state index contributed by atoms with van der Waals surface area (Å²) in [5.41, 5.74) is 2.52. The van der Waals surface area contributed by atoms with Crippen LogP contribution in [0.2, 0.25) is 0 Å². The number of carbonyl (C=O) groups excluding carboxylic acids is 1. The molecule has 0 bridgehead atoms. The number of rotatable bonds is 10. The summed E-state index contributed by atoms with van der Waals surface area (Å²) in [4.78, 5) is 15.0. The fraction of sp³-hybridized carbons (Fsp3) is 0.667. The molecule has 1 heterocycles. The molecule has 0 saturated heterocycles. The highest BCUT2D eigenvalue weighted by Gasteiger charge is 2.05. The number of aryl methyl sites for hydroxylation is 1. The van der Waals surface area contributed by atoms with Gasteiger partial charge in [-0.3, -0.25) is 0 Å². The maximum atomic E-state index is 10.6. The lowest BCUT2D eigenvalue weighted by molar-refractivity contribution is -0.110. The van der Waals surface area contributed by atoms with Crippen LogP contribution >= 0.6 is 11.3 Å². The van der Waals surface area contributed by atoms with Crippen molar-refractivity contribution < 1.29 is 4.79 Å². The molecule has 118 valence electrons. The third-order valence-electron chi connectivity index (χ3n) is 3.89. The molecule has 2 atom stereocenters. The second kappa shape index (κ2) is 9.88. The summed E-state index contributed by atoms with van der Waals surface area (Å²) in [7, 11) is 0. The Bertz CT molecular complexity index is 450. The van der Waals surface area contributed by atoms with Crippen LogP contribution in [0.15, 0.2) is 11.0 Å². The molecule has 0 N–H and O–H groups in total. The van der Waals surface area contributed by atoms with Crippen LogP contribution in [-0.2, 0) is 4.79 Å². The number of aromatic nitrogens is 1. The van der Waals surface area contributed by atoms with E-state index in [4.69, 9.17) is 0 Å². The monoisotopic (exact) mass is 307 g/mol. The summed E-state index contributed by atoms with van der Waals surface area (Å²) in [6.45, 7) is 8.58. The van der Waals surface area contributed by atoms with Gasteiger partial charge in [-0.1, -0.05) is 38.7 Å². The first-order valence-electron chi connectivity index (χ1n) is 8.06. The van der Waals surface area contributed by atoms with Gasteiger partial charge in [0.1, 0.15) is 6.29 Å². The molecule has 0 spiro atoms. The number of hydrogen-bond acceptors (Lipinski definition) is 3. The maximum Gasteiger partial charge on any atom is 0.122 e. The van der Waals surface area contributed by atoms with E-state index in [1.807, 2.05) is 13.8 Å². The molecule has 0 saturated carbocycles. The predicted octanol–water partition coefficient (Wildman–Crippen LogP) is 5.67. The molecular formula is C18H29NOS. The molecule has 2 unspecified atom stereocenters. The molecule has 0 aliphatic carbocycles. The smallest absolute Gasteiger partial charge is 0.122 e. The normalized spacial score (nSPS) is 15.0. The maximum absolute atomic E-state index is 10.6. The van der Waals surface area contributed by atoms with E-state index < -0.39 is 0 Å². The van der Waals surface area contributed by atoms with Crippen molar-refractivity contribution in [3.63, 3.8) is 0 Å². The van der Waals surface area contributed by atoms with Crippen molar-refractivity contribution >= 4 is 23.7 Å². The average Bonchev–Trinajstić information content (AvgIpc) is 2.83. The van der Waals surface area contributed by atoms with Crippen LogP contribution in [0.1, 0.15) is 70.0 Å². The van der Waals surface area contributed by atoms with Crippen molar-refractivity contribution in [3.8, 4) is 0 Å². The van der Waals surface area contributed by atoms with Crippen molar-refractivity contribution in [1.82, 2.24) is 4.98 Å². The van der Waals surface area contributed by atoms with E-state index in [0.717, 1.165) is 35.7 Å². The molecule has 3 heteroatoms. The molecule has 0 radical (unpaired) electrons. The number of hydrogen-bond donors (Lipinski definition) is 0. The minimum absolute atomic E-state index is 0.226. The average molecular weight is 308 g/mol. The summed E-state index contributed by atoms with van der Waals surface area (Å²) >= 11 is 1.71. The van der Waals surface area contributed by atoms with Gasteiger partial charge in [0.15, 0.2) is 0 Å². The second-order valence-electron chi connectivity index (χ2n) is 6.32. The SMILES string of the molecule is C/C(=C\c1csc(C)n1)CCCC(C)CCCC(C)C=O. The van der Waals surface area contributed by atoms with E-state index in [0.29, 0.717) is 0 Å². The molecule has 21 heavy (non-hydrogen) atoms. The molecule has 1 aromatic heterocycles. The first kappa shape index (κ1) is 18.1. The Labute approximate surface area is 133 Å². The van der Waals surface area contributed by atoms with Crippen LogP contribution in [-0.4, -0.2) is 11.3 Å². The van der Waals surface area contributed by atoms with Crippen LogP contribution in [0.25, 0.3) is 6.08 Å². The zero-order valence-corrected chi connectivity index (χ0v) is 14.7. The van der Waals surface area contributed by atoms with Crippen LogP contribution < -0.4 is 0 Å². The third-order valence-corrected chi connectivity index (χ3v) is 4.68. The first-order valence-corrected chi connectivity index (χ1v) is 8.93. The fourth-order valence-corrected chi connectivity index (χ4v) is 3.07. The van der Waals surface area contributed by atoms with Gasteiger partial charge >= 0.3 is 0 Å². The minimum Gasteiger partial charge on any atom is -0.303 e. The van der Waals surface area contributed by atoms with Gasteiger partial charge in [-0.25, -0.2) is 4.98 Å². The fourth-order valence-electron chi connectivity index (χ4n) is 2.50. The van der Waals surface area contributed by atoms with Gasteiger partial charge in [-0.15, -0.1) is 11.3 Å². The highest BCUT2D eigenvalue weighted by Crippen LogP contribution is 2.20.